The van der Waals surface area contributed by atoms with Crippen molar-refractivity contribution in [1.82, 2.24) is 5.32 Å². The fourth-order valence-corrected chi connectivity index (χ4v) is 2.79. The van der Waals surface area contributed by atoms with Crippen LogP contribution >= 0.6 is 0 Å². The van der Waals surface area contributed by atoms with E-state index in [0.29, 0.717) is 12.2 Å². The topological polar surface area (TPSA) is 67.4 Å². The molecule has 114 valence electrons. The second-order valence-corrected chi connectivity index (χ2v) is 6.95. The third-order valence-corrected chi connectivity index (χ3v) is 4.79. The highest BCUT2D eigenvalue weighted by Gasteiger charge is 2.20. The predicted octanol–water partition coefficient (Wildman–Crippen LogP) is 2.13. The lowest BCUT2D eigenvalue weighted by Crippen LogP contribution is -2.35. The van der Waals surface area contributed by atoms with Gasteiger partial charge in [-0.25, -0.2) is 8.42 Å². The van der Waals surface area contributed by atoms with Crippen molar-refractivity contribution in [3.8, 4) is 5.75 Å². The zero-order chi connectivity index (χ0) is 15.2. The minimum Gasteiger partial charge on any atom is -0.496 e. The van der Waals surface area contributed by atoms with Gasteiger partial charge in [-0.2, -0.15) is 0 Å². The van der Waals surface area contributed by atoms with Gasteiger partial charge in [0.25, 0.3) is 0 Å². The van der Waals surface area contributed by atoms with E-state index < -0.39 is 15.3 Å². The largest absolute Gasteiger partial charge is 0.496 e. The minimum atomic E-state index is -3.38. The van der Waals surface area contributed by atoms with Crippen molar-refractivity contribution < 1.29 is 13.2 Å². The smallest absolute Gasteiger partial charge is 0.236 e. The molecule has 1 atom stereocenters. The normalized spacial score (nSPS) is 13.0. The molecule has 0 aliphatic heterocycles. The summed E-state index contributed by atoms with van der Waals surface area (Å²) in [6.07, 6.45) is 0.984. The van der Waals surface area contributed by atoms with Crippen LogP contribution in [0, 0.1) is 6.92 Å². The molecule has 0 aromatic heterocycles. The summed E-state index contributed by atoms with van der Waals surface area (Å²) in [7, 11) is -1.79. The molecule has 0 amide bonds. The van der Waals surface area contributed by atoms with Gasteiger partial charge < -0.3 is 10.1 Å². The van der Waals surface area contributed by atoms with Gasteiger partial charge in [0, 0.05) is 12.2 Å². The van der Waals surface area contributed by atoms with Gasteiger partial charge in [-0.1, -0.05) is 6.92 Å². The van der Waals surface area contributed by atoms with E-state index in [9.17, 15) is 8.42 Å². The fourth-order valence-electron chi connectivity index (χ4n) is 1.80. The molecule has 0 heterocycles. The monoisotopic (exact) mass is 300 g/mol. The molecular weight excluding hydrogens is 276 g/mol. The summed E-state index contributed by atoms with van der Waals surface area (Å²) in [5, 5.41) is 2.63. The Labute approximate surface area is 121 Å². The van der Waals surface area contributed by atoms with E-state index in [1.54, 1.807) is 32.2 Å². The van der Waals surface area contributed by atoms with Crippen molar-refractivity contribution in [2.45, 2.75) is 32.4 Å². The van der Waals surface area contributed by atoms with Crippen LogP contribution in [0.3, 0.4) is 0 Å². The summed E-state index contributed by atoms with van der Waals surface area (Å²) in [5.41, 5.74) is 1.45. The molecule has 1 aromatic carbocycles. The predicted molar refractivity (Wildman–Crippen MR) is 82.9 cm³/mol. The van der Waals surface area contributed by atoms with Crippen LogP contribution in [-0.4, -0.2) is 33.9 Å². The summed E-state index contributed by atoms with van der Waals surface area (Å²) < 4.78 is 32.1. The first-order valence-electron chi connectivity index (χ1n) is 6.77. The van der Waals surface area contributed by atoms with E-state index in [1.807, 2.05) is 13.8 Å². The SMILES string of the molecule is CCCNCC(C)S(=O)(=O)Nc1ccc(OC)c(C)c1. The zero-order valence-corrected chi connectivity index (χ0v) is 13.4. The lowest BCUT2D eigenvalue weighted by atomic mass is 10.2. The number of sulfonamides is 1. The van der Waals surface area contributed by atoms with Crippen LogP contribution < -0.4 is 14.8 Å². The summed E-state index contributed by atoms with van der Waals surface area (Å²) >= 11 is 0. The molecule has 6 heteroatoms. The Morgan fingerprint density at radius 2 is 2.05 bits per heavy atom. The maximum atomic E-state index is 12.2. The minimum absolute atomic E-state index is 0.443. The molecule has 0 radical (unpaired) electrons. The Morgan fingerprint density at radius 3 is 2.60 bits per heavy atom. The van der Waals surface area contributed by atoms with Crippen molar-refractivity contribution in [1.29, 1.82) is 0 Å². The van der Waals surface area contributed by atoms with Crippen LogP contribution in [0.5, 0.6) is 5.75 Å². The molecule has 0 saturated carbocycles. The van der Waals surface area contributed by atoms with Gasteiger partial charge in [-0.05, 0) is 50.6 Å². The van der Waals surface area contributed by atoms with E-state index in [1.165, 1.54) is 0 Å². The summed E-state index contributed by atoms with van der Waals surface area (Å²) in [6.45, 7) is 6.88. The van der Waals surface area contributed by atoms with Crippen molar-refractivity contribution in [3.63, 3.8) is 0 Å². The second kappa shape index (κ2) is 7.50. The highest BCUT2D eigenvalue weighted by atomic mass is 32.2. The molecule has 0 fully saturated rings. The lowest BCUT2D eigenvalue weighted by molar-refractivity contribution is 0.412. The lowest BCUT2D eigenvalue weighted by Gasteiger charge is -2.16. The quantitative estimate of drug-likeness (QED) is 0.722. The van der Waals surface area contributed by atoms with E-state index in [0.717, 1.165) is 24.3 Å². The van der Waals surface area contributed by atoms with E-state index in [-0.39, 0.29) is 0 Å². The van der Waals surface area contributed by atoms with Gasteiger partial charge in [-0.3, -0.25) is 4.72 Å². The Balaban J connectivity index is 2.72. The van der Waals surface area contributed by atoms with Crippen LogP contribution in [-0.2, 0) is 10.0 Å². The molecule has 2 N–H and O–H groups in total. The van der Waals surface area contributed by atoms with Crippen LogP contribution in [0.25, 0.3) is 0 Å². The second-order valence-electron chi connectivity index (χ2n) is 4.85. The van der Waals surface area contributed by atoms with Crippen LogP contribution in [0.2, 0.25) is 0 Å². The number of ether oxygens (including phenoxy) is 1. The van der Waals surface area contributed by atoms with E-state index in [2.05, 4.69) is 10.0 Å². The third-order valence-electron chi connectivity index (χ3n) is 3.04. The fraction of sp³-hybridized carbons (Fsp3) is 0.571. The number of hydrogen-bond acceptors (Lipinski definition) is 4. The summed E-state index contributed by atoms with van der Waals surface area (Å²) in [4.78, 5) is 0. The van der Waals surface area contributed by atoms with Gasteiger partial charge in [-0.15, -0.1) is 0 Å². The van der Waals surface area contributed by atoms with Gasteiger partial charge in [0.15, 0.2) is 0 Å². The molecular formula is C14H24N2O3S. The summed E-state index contributed by atoms with van der Waals surface area (Å²) in [5.74, 6) is 0.741. The Bertz CT molecular complexity index is 529. The first kappa shape index (κ1) is 16.8. The number of aryl methyl sites for hydroxylation is 1. The average molecular weight is 300 g/mol. The zero-order valence-electron chi connectivity index (χ0n) is 12.6. The number of nitrogens with one attached hydrogen (secondary N) is 2. The molecule has 1 aromatic rings. The van der Waals surface area contributed by atoms with Crippen LogP contribution in [0.4, 0.5) is 5.69 Å². The summed E-state index contributed by atoms with van der Waals surface area (Å²) in [6, 6.07) is 5.23. The van der Waals surface area contributed by atoms with Gasteiger partial charge in [0.05, 0.1) is 12.4 Å². The maximum absolute atomic E-state index is 12.2. The Morgan fingerprint density at radius 1 is 1.35 bits per heavy atom. The average Bonchev–Trinajstić information content (AvgIpc) is 2.38. The van der Waals surface area contributed by atoms with E-state index in [4.69, 9.17) is 4.74 Å². The number of benzene rings is 1. The van der Waals surface area contributed by atoms with Crippen molar-refractivity contribution >= 4 is 15.7 Å². The van der Waals surface area contributed by atoms with E-state index >= 15 is 0 Å². The molecule has 0 spiro atoms. The molecule has 0 saturated heterocycles. The Kier molecular flexibility index (Phi) is 6.29. The number of rotatable bonds is 8. The van der Waals surface area contributed by atoms with Crippen LogP contribution in [0.15, 0.2) is 18.2 Å². The first-order chi connectivity index (χ1) is 9.40. The number of methoxy groups -OCH3 is 1. The first-order valence-corrected chi connectivity index (χ1v) is 8.32. The molecule has 0 aliphatic rings. The van der Waals surface area contributed by atoms with Crippen molar-refractivity contribution in [2.75, 3.05) is 24.9 Å². The Hall–Kier alpha value is -1.27. The molecule has 1 unspecified atom stereocenters. The van der Waals surface area contributed by atoms with Gasteiger partial charge in [0.2, 0.25) is 10.0 Å². The number of hydrogen-bond donors (Lipinski definition) is 2. The third kappa shape index (κ3) is 4.68. The maximum Gasteiger partial charge on any atom is 0.236 e. The molecule has 0 aliphatic carbocycles. The molecule has 1 rings (SSSR count). The highest BCUT2D eigenvalue weighted by molar-refractivity contribution is 7.93. The van der Waals surface area contributed by atoms with Crippen molar-refractivity contribution in [2.24, 2.45) is 0 Å². The standard InChI is InChI=1S/C14H24N2O3S/c1-5-8-15-10-12(3)20(17,18)16-13-6-7-14(19-4)11(2)9-13/h6-7,9,12,15-16H,5,8,10H2,1-4H3. The van der Waals surface area contributed by atoms with Gasteiger partial charge in [0.1, 0.15) is 5.75 Å². The van der Waals surface area contributed by atoms with Crippen molar-refractivity contribution in [3.05, 3.63) is 23.8 Å². The van der Waals surface area contributed by atoms with Gasteiger partial charge >= 0.3 is 0 Å². The molecule has 20 heavy (non-hydrogen) atoms. The molecule has 0 bridgehead atoms. The van der Waals surface area contributed by atoms with Crippen LogP contribution in [0.1, 0.15) is 25.8 Å². The molecule has 5 nitrogen and oxygen atoms in total. The number of anilines is 1. The highest BCUT2D eigenvalue weighted by Crippen LogP contribution is 2.22.